The van der Waals surface area contributed by atoms with Gasteiger partial charge >= 0.3 is 6.03 Å². The molecule has 0 aromatic heterocycles. The number of carbonyl (C=O) groups excluding carboxylic acids is 2. The highest BCUT2D eigenvalue weighted by molar-refractivity contribution is 6.31. The summed E-state index contributed by atoms with van der Waals surface area (Å²) in [6, 6.07) is 10.4. The molecule has 8 heteroatoms. The van der Waals surface area contributed by atoms with Crippen LogP contribution in [0.4, 0.5) is 10.5 Å². The fraction of sp³-hybridized carbons (Fsp3) is 0.200. The van der Waals surface area contributed by atoms with Gasteiger partial charge in [0.15, 0.2) is 11.5 Å². The number of benzene rings is 2. The summed E-state index contributed by atoms with van der Waals surface area (Å²) in [6.07, 6.45) is 0. The molecule has 0 saturated heterocycles. The van der Waals surface area contributed by atoms with Crippen molar-refractivity contribution in [2.24, 2.45) is 0 Å². The largest absolute Gasteiger partial charge is 0.504 e. The molecule has 7 nitrogen and oxygen atoms in total. The van der Waals surface area contributed by atoms with Gasteiger partial charge in [-0.1, -0.05) is 23.7 Å². The van der Waals surface area contributed by atoms with E-state index in [0.717, 1.165) is 0 Å². The molecule has 0 bridgehead atoms. The standard InChI is InChI=1S/C20H20ClN3O4/c1-3-28-16-9-12(7-8-15(16)25)18-17(11(2)22-20(27)24-18)19(26)23-14-6-4-5-13(21)10-14/h4-10,18,25H,3H2,1-2H3,(H,23,26)(H2,22,24,27)/t18-/m1/s1. The summed E-state index contributed by atoms with van der Waals surface area (Å²) in [5, 5.41) is 18.6. The van der Waals surface area contributed by atoms with Crippen LogP contribution in [-0.4, -0.2) is 23.7 Å². The minimum Gasteiger partial charge on any atom is -0.504 e. The van der Waals surface area contributed by atoms with Gasteiger partial charge in [0, 0.05) is 16.4 Å². The number of hydrogen-bond acceptors (Lipinski definition) is 4. The number of rotatable bonds is 5. The highest BCUT2D eigenvalue weighted by atomic mass is 35.5. The van der Waals surface area contributed by atoms with E-state index in [1.165, 1.54) is 6.07 Å². The molecular weight excluding hydrogens is 382 g/mol. The SMILES string of the molecule is CCOc1cc([C@H]2NC(=O)NC(C)=C2C(=O)Nc2cccc(Cl)c2)ccc1O. The van der Waals surface area contributed by atoms with Crippen molar-refractivity contribution in [1.29, 1.82) is 0 Å². The van der Waals surface area contributed by atoms with Crippen molar-refractivity contribution in [3.8, 4) is 11.5 Å². The highest BCUT2D eigenvalue weighted by Gasteiger charge is 2.31. The van der Waals surface area contributed by atoms with E-state index in [2.05, 4.69) is 16.0 Å². The molecule has 1 heterocycles. The van der Waals surface area contributed by atoms with Crippen LogP contribution >= 0.6 is 11.6 Å². The second-order valence-electron chi connectivity index (χ2n) is 6.19. The van der Waals surface area contributed by atoms with Crippen molar-refractivity contribution in [3.05, 3.63) is 64.3 Å². The number of carbonyl (C=O) groups is 2. The number of ether oxygens (including phenoxy) is 1. The Morgan fingerprint density at radius 3 is 2.79 bits per heavy atom. The molecule has 0 spiro atoms. The summed E-state index contributed by atoms with van der Waals surface area (Å²) in [5.41, 5.74) is 1.91. The lowest BCUT2D eigenvalue weighted by atomic mass is 9.94. The summed E-state index contributed by atoms with van der Waals surface area (Å²) < 4.78 is 5.42. The van der Waals surface area contributed by atoms with Crippen LogP contribution in [0.3, 0.4) is 0 Å². The Morgan fingerprint density at radius 2 is 2.07 bits per heavy atom. The normalized spacial score (nSPS) is 16.2. The lowest BCUT2D eigenvalue weighted by Crippen LogP contribution is -2.45. The number of phenols is 1. The maximum absolute atomic E-state index is 13.0. The van der Waals surface area contributed by atoms with Crippen molar-refractivity contribution >= 4 is 29.2 Å². The van der Waals surface area contributed by atoms with Gasteiger partial charge in [0.1, 0.15) is 0 Å². The summed E-state index contributed by atoms with van der Waals surface area (Å²) in [6.45, 7) is 3.82. The third-order valence-electron chi connectivity index (χ3n) is 4.21. The van der Waals surface area contributed by atoms with E-state index in [9.17, 15) is 14.7 Å². The fourth-order valence-corrected chi connectivity index (χ4v) is 3.18. The zero-order valence-electron chi connectivity index (χ0n) is 15.4. The van der Waals surface area contributed by atoms with Crippen molar-refractivity contribution in [3.63, 3.8) is 0 Å². The Hall–Kier alpha value is -3.19. The molecule has 1 atom stereocenters. The number of aromatic hydroxyl groups is 1. The van der Waals surface area contributed by atoms with Crippen molar-refractivity contribution in [1.82, 2.24) is 10.6 Å². The summed E-state index contributed by atoms with van der Waals surface area (Å²) >= 11 is 5.98. The molecule has 0 unspecified atom stereocenters. The number of allylic oxidation sites excluding steroid dienone is 1. The Morgan fingerprint density at radius 1 is 1.29 bits per heavy atom. The van der Waals surface area contributed by atoms with Crippen molar-refractivity contribution < 1.29 is 19.4 Å². The zero-order valence-corrected chi connectivity index (χ0v) is 16.1. The van der Waals surface area contributed by atoms with Gasteiger partial charge in [0.05, 0.1) is 18.2 Å². The van der Waals surface area contributed by atoms with Gasteiger partial charge in [-0.25, -0.2) is 4.79 Å². The fourth-order valence-electron chi connectivity index (χ4n) is 2.99. The highest BCUT2D eigenvalue weighted by Crippen LogP contribution is 2.34. The van der Waals surface area contributed by atoms with Crippen LogP contribution < -0.4 is 20.7 Å². The summed E-state index contributed by atoms with van der Waals surface area (Å²) in [5.74, 6) is -0.125. The maximum atomic E-state index is 13.0. The number of nitrogens with one attached hydrogen (secondary N) is 3. The molecule has 2 aromatic rings. The van der Waals surface area contributed by atoms with E-state index in [4.69, 9.17) is 16.3 Å². The van der Waals surface area contributed by atoms with Gasteiger partial charge in [0.2, 0.25) is 0 Å². The molecule has 146 valence electrons. The third kappa shape index (κ3) is 4.20. The minimum absolute atomic E-state index is 0.0171. The van der Waals surface area contributed by atoms with Crippen LogP contribution in [0.15, 0.2) is 53.7 Å². The van der Waals surface area contributed by atoms with Crippen LogP contribution in [0, 0.1) is 0 Å². The number of anilines is 1. The van der Waals surface area contributed by atoms with E-state index >= 15 is 0 Å². The predicted molar refractivity (Wildman–Crippen MR) is 106 cm³/mol. The monoisotopic (exact) mass is 401 g/mol. The van der Waals surface area contributed by atoms with E-state index in [1.54, 1.807) is 50.2 Å². The molecule has 1 aliphatic heterocycles. The van der Waals surface area contributed by atoms with Gasteiger partial charge in [-0.3, -0.25) is 4.79 Å². The van der Waals surface area contributed by atoms with E-state index in [0.29, 0.717) is 34.2 Å². The second kappa shape index (κ2) is 8.22. The molecule has 2 aromatic carbocycles. The number of phenolic OH excluding ortho intramolecular Hbond substituents is 1. The molecule has 28 heavy (non-hydrogen) atoms. The lowest BCUT2D eigenvalue weighted by molar-refractivity contribution is -0.113. The molecule has 3 amide bonds. The van der Waals surface area contributed by atoms with Crippen LogP contribution in [0.1, 0.15) is 25.5 Å². The second-order valence-corrected chi connectivity index (χ2v) is 6.63. The predicted octanol–water partition coefficient (Wildman–Crippen LogP) is 3.71. The topological polar surface area (TPSA) is 99.7 Å². The van der Waals surface area contributed by atoms with Gasteiger partial charge in [-0.2, -0.15) is 0 Å². The van der Waals surface area contributed by atoms with Crippen molar-refractivity contribution in [2.45, 2.75) is 19.9 Å². The number of amides is 3. The minimum atomic E-state index is -0.715. The van der Waals surface area contributed by atoms with Gasteiger partial charge in [-0.15, -0.1) is 0 Å². The first-order valence-electron chi connectivity index (χ1n) is 8.70. The Kier molecular flexibility index (Phi) is 5.75. The first-order chi connectivity index (χ1) is 13.4. The molecule has 0 saturated carbocycles. The third-order valence-corrected chi connectivity index (χ3v) is 4.45. The average Bonchev–Trinajstić information content (AvgIpc) is 2.63. The Labute approximate surface area is 167 Å². The van der Waals surface area contributed by atoms with Gasteiger partial charge < -0.3 is 25.8 Å². The molecular formula is C20H20ClN3O4. The summed E-state index contributed by atoms with van der Waals surface area (Å²) in [7, 11) is 0. The van der Waals surface area contributed by atoms with E-state index in [-0.39, 0.29) is 17.4 Å². The smallest absolute Gasteiger partial charge is 0.319 e. The van der Waals surface area contributed by atoms with E-state index < -0.39 is 12.1 Å². The first kappa shape index (κ1) is 19.6. The van der Waals surface area contributed by atoms with Gasteiger partial charge in [0.25, 0.3) is 5.91 Å². The lowest BCUT2D eigenvalue weighted by Gasteiger charge is -2.29. The number of urea groups is 1. The Bertz CT molecular complexity index is 958. The maximum Gasteiger partial charge on any atom is 0.319 e. The zero-order chi connectivity index (χ0) is 20.3. The number of hydrogen-bond donors (Lipinski definition) is 4. The molecule has 0 aliphatic carbocycles. The molecule has 3 rings (SSSR count). The van der Waals surface area contributed by atoms with Crippen LogP contribution in [-0.2, 0) is 4.79 Å². The Balaban J connectivity index is 1.97. The van der Waals surface area contributed by atoms with Crippen LogP contribution in [0.5, 0.6) is 11.5 Å². The van der Waals surface area contributed by atoms with Crippen LogP contribution in [0.25, 0.3) is 0 Å². The first-order valence-corrected chi connectivity index (χ1v) is 9.07. The molecule has 4 N–H and O–H groups in total. The average molecular weight is 402 g/mol. The molecule has 1 aliphatic rings. The van der Waals surface area contributed by atoms with Crippen LogP contribution in [0.2, 0.25) is 5.02 Å². The number of halogens is 1. The van der Waals surface area contributed by atoms with Gasteiger partial charge in [-0.05, 0) is 49.7 Å². The quantitative estimate of drug-likeness (QED) is 0.613. The molecule has 0 fully saturated rings. The molecule has 0 radical (unpaired) electrons. The van der Waals surface area contributed by atoms with Crippen molar-refractivity contribution in [2.75, 3.05) is 11.9 Å². The van der Waals surface area contributed by atoms with E-state index in [1.807, 2.05) is 0 Å². The summed E-state index contributed by atoms with van der Waals surface area (Å²) in [4.78, 5) is 25.0.